The van der Waals surface area contributed by atoms with Gasteiger partial charge in [-0.25, -0.2) is 0 Å². The van der Waals surface area contributed by atoms with Gasteiger partial charge in [-0.3, -0.25) is 0 Å². The van der Waals surface area contributed by atoms with E-state index in [9.17, 15) is 0 Å². The number of nitrogens with one attached hydrogen (secondary N) is 1. The molecule has 1 aromatic rings. The molecular weight excluding hydrogens is 216 g/mol. The Morgan fingerprint density at radius 2 is 2.29 bits per heavy atom. The SMILES string of the molecule is CCCC1NCCn2c(COC(C)C)nnc21. The molecule has 1 aliphatic rings. The van der Waals surface area contributed by atoms with Gasteiger partial charge in [0.15, 0.2) is 5.82 Å². The molecule has 1 unspecified atom stereocenters. The molecule has 0 aromatic carbocycles. The van der Waals surface area contributed by atoms with Crippen molar-refractivity contribution in [2.45, 2.75) is 58.9 Å². The Hall–Kier alpha value is -0.940. The Bertz CT molecular complexity index is 361. The Balaban J connectivity index is 2.10. The summed E-state index contributed by atoms with van der Waals surface area (Å²) in [5, 5.41) is 12.0. The van der Waals surface area contributed by atoms with Gasteiger partial charge in [0.25, 0.3) is 0 Å². The maximum Gasteiger partial charge on any atom is 0.159 e. The topological polar surface area (TPSA) is 52.0 Å². The fourth-order valence-electron chi connectivity index (χ4n) is 2.16. The first-order chi connectivity index (χ1) is 8.22. The highest BCUT2D eigenvalue weighted by atomic mass is 16.5. The molecule has 0 radical (unpaired) electrons. The van der Waals surface area contributed by atoms with E-state index in [4.69, 9.17) is 4.74 Å². The smallest absolute Gasteiger partial charge is 0.159 e. The van der Waals surface area contributed by atoms with E-state index in [1.54, 1.807) is 0 Å². The van der Waals surface area contributed by atoms with Gasteiger partial charge in [-0.2, -0.15) is 0 Å². The van der Waals surface area contributed by atoms with Crippen molar-refractivity contribution in [3.63, 3.8) is 0 Å². The zero-order chi connectivity index (χ0) is 12.3. The van der Waals surface area contributed by atoms with Crippen molar-refractivity contribution in [3.05, 3.63) is 11.6 Å². The summed E-state index contributed by atoms with van der Waals surface area (Å²) in [7, 11) is 0. The fourth-order valence-corrected chi connectivity index (χ4v) is 2.16. The lowest BCUT2D eigenvalue weighted by Gasteiger charge is -2.24. The minimum Gasteiger partial charge on any atom is -0.371 e. The lowest BCUT2D eigenvalue weighted by molar-refractivity contribution is 0.0588. The molecule has 1 atom stereocenters. The maximum atomic E-state index is 5.60. The molecule has 5 heteroatoms. The normalized spacial score (nSPS) is 19.6. The molecule has 0 aliphatic carbocycles. The number of hydrogen-bond donors (Lipinski definition) is 1. The molecule has 17 heavy (non-hydrogen) atoms. The van der Waals surface area contributed by atoms with E-state index >= 15 is 0 Å². The Kier molecular flexibility index (Phi) is 4.12. The predicted octanol–water partition coefficient (Wildman–Crippen LogP) is 1.65. The van der Waals surface area contributed by atoms with E-state index in [0.29, 0.717) is 12.6 Å². The van der Waals surface area contributed by atoms with Crippen LogP contribution in [0.3, 0.4) is 0 Å². The predicted molar refractivity (Wildman–Crippen MR) is 65.6 cm³/mol. The van der Waals surface area contributed by atoms with Crippen LogP contribution in [0.25, 0.3) is 0 Å². The van der Waals surface area contributed by atoms with Crippen LogP contribution in [0.1, 0.15) is 51.3 Å². The van der Waals surface area contributed by atoms with E-state index in [0.717, 1.165) is 37.6 Å². The molecule has 0 spiro atoms. The van der Waals surface area contributed by atoms with Crippen LogP contribution in [-0.2, 0) is 17.9 Å². The van der Waals surface area contributed by atoms with Crippen molar-refractivity contribution in [2.24, 2.45) is 0 Å². The molecule has 0 amide bonds. The molecule has 1 N–H and O–H groups in total. The van der Waals surface area contributed by atoms with Gasteiger partial charge in [-0.15, -0.1) is 10.2 Å². The molecular formula is C12H22N4O. The number of ether oxygens (including phenoxy) is 1. The minimum absolute atomic E-state index is 0.233. The third-order valence-corrected chi connectivity index (χ3v) is 3.02. The lowest BCUT2D eigenvalue weighted by atomic mass is 10.1. The van der Waals surface area contributed by atoms with Crippen LogP contribution in [0.2, 0.25) is 0 Å². The zero-order valence-corrected chi connectivity index (χ0v) is 10.9. The zero-order valence-electron chi connectivity index (χ0n) is 10.9. The van der Waals surface area contributed by atoms with Gasteiger partial charge in [-0.05, 0) is 20.3 Å². The van der Waals surface area contributed by atoms with Crippen molar-refractivity contribution in [2.75, 3.05) is 6.54 Å². The van der Waals surface area contributed by atoms with Crippen molar-refractivity contribution >= 4 is 0 Å². The number of rotatable bonds is 5. The first kappa shape index (κ1) is 12.5. The first-order valence-electron chi connectivity index (χ1n) is 6.49. The second-order valence-electron chi connectivity index (χ2n) is 4.78. The van der Waals surface area contributed by atoms with Gasteiger partial charge in [0.1, 0.15) is 12.4 Å². The summed E-state index contributed by atoms with van der Waals surface area (Å²) in [5.74, 6) is 2.02. The van der Waals surface area contributed by atoms with Gasteiger partial charge < -0.3 is 14.6 Å². The average molecular weight is 238 g/mol. The molecule has 0 fully saturated rings. The maximum absolute atomic E-state index is 5.60. The number of aromatic nitrogens is 3. The molecule has 0 bridgehead atoms. The number of hydrogen-bond acceptors (Lipinski definition) is 4. The van der Waals surface area contributed by atoms with Gasteiger partial charge in [0.05, 0.1) is 12.1 Å². The second-order valence-corrected chi connectivity index (χ2v) is 4.78. The van der Waals surface area contributed by atoms with Crippen molar-refractivity contribution in [3.8, 4) is 0 Å². The van der Waals surface area contributed by atoms with Crippen LogP contribution in [-0.4, -0.2) is 27.4 Å². The van der Waals surface area contributed by atoms with Crippen molar-refractivity contribution < 1.29 is 4.74 Å². The molecule has 2 heterocycles. The van der Waals surface area contributed by atoms with Crippen molar-refractivity contribution in [1.82, 2.24) is 20.1 Å². The molecule has 96 valence electrons. The number of fused-ring (bicyclic) bond motifs is 1. The molecule has 1 aromatic heterocycles. The highest BCUT2D eigenvalue weighted by Gasteiger charge is 2.23. The van der Waals surface area contributed by atoms with Gasteiger partial charge in [0.2, 0.25) is 0 Å². The summed E-state index contributed by atoms with van der Waals surface area (Å²) in [4.78, 5) is 0. The fraction of sp³-hybridized carbons (Fsp3) is 0.833. The van der Waals surface area contributed by atoms with Gasteiger partial charge >= 0.3 is 0 Å². The Morgan fingerprint density at radius 3 is 3.00 bits per heavy atom. The summed E-state index contributed by atoms with van der Waals surface area (Å²) in [5.41, 5.74) is 0. The highest BCUT2D eigenvalue weighted by molar-refractivity contribution is 5.03. The largest absolute Gasteiger partial charge is 0.371 e. The summed E-state index contributed by atoms with van der Waals surface area (Å²) in [6.45, 7) is 8.76. The van der Waals surface area contributed by atoms with E-state index < -0.39 is 0 Å². The second kappa shape index (κ2) is 5.60. The van der Waals surface area contributed by atoms with Gasteiger partial charge in [-0.1, -0.05) is 13.3 Å². The summed E-state index contributed by atoms with van der Waals surface area (Å²) in [6.07, 6.45) is 2.50. The van der Waals surface area contributed by atoms with Crippen LogP contribution in [0.5, 0.6) is 0 Å². The molecule has 5 nitrogen and oxygen atoms in total. The standard InChI is InChI=1S/C12H22N4O/c1-4-5-10-12-15-14-11(8-17-9(2)3)16(12)7-6-13-10/h9-10,13H,4-8H2,1-3H3. The van der Waals surface area contributed by atoms with E-state index in [2.05, 4.69) is 27.0 Å². The third-order valence-electron chi connectivity index (χ3n) is 3.02. The van der Waals surface area contributed by atoms with Crippen molar-refractivity contribution in [1.29, 1.82) is 0 Å². The van der Waals surface area contributed by atoms with Crippen LogP contribution in [0.4, 0.5) is 0 Å². The molecule has 2 rings (SSSR count). The van der Waals surface area contributed by atoms with E-state index in [1.165, 1.54) is 0 Å². The van der Waals surface area contributed by atoms with E-state index in [-0.39, 0.29) is 6.10 Å². The average Bonchev–Trinajstić information content (AvgIpc) is 2.71. The first-order valence-corrected chi connectivity index (χ1v) is 6.49. The Morgan fingerprint density at radius 1 is 1.47 bits per heavy atom. The van der Waals surface area contributed by atoms with E-state index in [1.807, 2.05) is 13.8 Å². The van der Waals surface area contributed by atoms with Crippen LogP contribution >= 0.6 is 0 Å². The third kappa shape index (κ3) is 2.84. The number of nitrogens with zero attached hydrogens (tertiary/aromatic N) is 3. The molecule has 0 saturated heterocycles. The molecule has 1 aliphatic heterocycles. The summed E-state index contributed by atoms with van der Waals surface area (Å²) < 4.78 is 7.81. The quantitative estimate of drug-likeness (QED) is 0.847. The molecule has 0 saturated carbocycles. The van der Waals surface area contributed by atoms with Crippen LogP contribution in [0, 0.1) is 0 Å². The highest BCUT2D eigenvalue weighted by Crippen LogP contribution is 2.21. The van der Waals surface area contributed by atoms with Gasteiger partial charge in [0, 0.05) is 13.1 Å². The minimum atomic E-state index is 0.233. The Labute approximate surface area is 103 Å². The summed E-state index contributed by atoms with van der Waals surface area (Å²) in [6, 6.07) is 0.356. The lowest BCUT2D eigenvalue weighted by Crippen LogP contribution is -2.34. The monoisotopic (exact) mass is 238 g/mol. The van der Waals surface area contributed by atoms with Crippen LogP contribution < -0.4 is 5.32 Å². The van der Waals surface area contributed by atoms with Crippen LogP contribution in [0.15, 0.2) is 0 Å². The summed E-state index contributed by atoms with van der Waals surface area (Å²) >= 11 is 0.